The molecule has 1 N–H and O–H groups in total. The van der Waals surface area contributed by atoms with E-state index >= 15 is 0 Å². The van der Waals surface area contributed by atoms with Crippen LogP contribution in [0.1, 0.15) is 19.0 Å². The van der Waals surface area contributed by atoms with Crippen molar-refractivity contribution in [1.82, 2.24) is 15.3 Å². The van der Waals surface area contributed by atoms with Crippen LogP contribution in [0, 0.1) is 5.92 Å². The summed E-state index contributed by atoms with van der Waals surface area (Å²) in [5.74, 6) is 0.854. The Hall–Kier alpha value is -0.960. The van der Waals surface area contributed by atoms with Gasteiger partial charge in [0.2, 0.25) is 0 Å². The zero-order chi connectivity index (χ0) is 8.39. The summed E-state index contributed by atoms with van der Waals surface area (Å²) in [5, 5.41) is 3.43. The zero-order valence-corrected chi connectivity index (χ0v) is 7.20. The molecule has 1 aliphatic carbocycles. The molecule has 1 aromatic rings. The van der Waals surface area contributed by atoms with Gasteiger partial charge in [0.05, 0.1) is 5.69 Å². The molecule has 3 nitrogen and oxygen atoms in total. The Morgan fingerprint density at radius 2 is 2.50 bits per heavy atom. The maximum Gasteiger partial charge on any atom is 0.115 e. The lowest BCUT2D eigenvalue weighted by Gasteiger charge is -2.00. The van der Waals surface area contributed by atoms with Crippen LogP contribution in [-0.4, -0.2) is 16.0 Å². The zero-order valence-electron chi connectivity index (χ0n) is 7.20. The van der Waals surface area contributed by atoms with Gasteiger partial charge < -0.3 is 5.32 Å². The van der Waals surface area contributed by atoms with E-state index in [0.29, 0.717) is 0 Å². The summed E-state index contributed by atoms with van der Waals surface area (Å²) >= 11 is 0. The van der Waals surface area contributed by atoms with Crippen LogP contribution in [0.2, 0.25) is 0 Å². The first-order valence-electron chi connectivity index (χ1n) is 4.34. The van der Waals surface area contributed by atoms with Crippen LogP contribution in [0.4, 0.5) is 0 Å². The molecule has 0 saturated heterocycles. The molecule has 1 aromatic heterocycles. The van der Waals surface area contributed by atoms with Crippen LogP contribution < -0.4 is 5.32 Å². The van der Waals surface area contributed by atoms with Crippen LogP contribution in [-0.2, 0) is 6.54 Å². The summed E-state index contributed by atoms with van der Waals surface area (Å²) < 4.78 is 0. The third-order valence-corrected chi connectivity index (χ3v) is 2.30. The molecule has 0 amide bonds. The van der Waals surface area contributed by atoms with E-state index in [0.717, 1.165) is 24.2 Å². The van der Waals surface area contributed by atoms with Crippen molar-refractivity contribution in [3.8, 4) is 0 Å². The Bertz CT molecular complexity index is 247. The van der Waals surface area contributed by atoms with E-state index in [4.69, 9.17) is 0 Å². The van der Waals surface area contributed by atoms with E-state index in [-0.39, 0.29) is 0 Å². The van der Waals surface area contributed by atoms with Crippen molar-refractivity contribution in [3.63, 3.8) is 0 Å². The highest BCUT2D eigenvalue weighted by atomic mass is 15.0. The molecule has 1 heterocycles. The monoisotopic (exact) mass is 163 g/mol. The molecule has 1 aliphatic rings. The fraction of sp³-hybridized carbons (Fsp3) is 0.556. The van der Waals surface area contributed by atoms with E-state index < -0.39 is 0 Å². The number of rotatable bonds is 3. The van der Waals surface area contributed by atoms with Crippen LogP contribution in [0.5, 0.6) is 0 Å². The summed E-state index contributed by atoms with van der Waals surface area (Å²) in [4.78, 5) is 7.99. The Morgan fingerprint density at radius 3 is 3.08 bits per heavy atom. The molecule has 0 radical (unpaired) electrons. The van der Waals surface area contributed by atoms with Gasteiger partial charge in [-0.25, -0.2) is 9.97 Å². The van der Waals surface area contributed by atoms with Crippen LogP contribution in [0.3, 0.4) is 0 Å². The second-order valence-corrected chi connectivity index (χ2v) is 3.40. The first-order chi connectivity index (χ1) is 5.86. The van der Waals surface area contributed by atoms with Crippen molar-refractivity contribution in [3.05, 3.63) is 24.3 Å². The van der Waals surface area contributed by atoms with E-state index in [1.165, 1.54) is 6.42 Å². The first-order valence-corrected chi connectivity index (χ1v) is 4.34. The van der Waals surface area contributed by atoms with E-state index in [9.17, 15) is 0 Å². The number of hydrogen-bond donors (Lipinski definition) is 1. The molecule has 0 aromatic carbocycles. The van der Waals surface area contributed by atoms with Crippen LogP contribution >= 0.6 is 0 Å². The standard InChI is InChI=1S/C9H13N3/c1-7-4-9(7)11-5-8-2-3-10-6-12-8/h2-3,6-7,9,11H,4-5H2,1H3. The molecule has 12 heavy (non-hydrogen) atoms. The van der Waals surface area contributed by atoms with Crippen molar-refractivity contribution in [2.45, 2.75) is 25.9 Å². The van der Waals surface area contributed by atoms with Gasteiger partial charge in [-0.05, 0) is 18.4 Å². The molecule has 2 atom stereocenters. The Kier molecular flexibility index (Phi) is 2.04. The van der Waals surface area contributed by atoms with Gasteiger partial charge in [0, 0.05) is 18.8 Å². The lowest BCUT2D eigenvalue weighted by Crippen LogP contribution is -2.17. The van der Waals surface area contributed by atoms with Crippen LogP contribution in [0.15, 0.2) is 18.6 Å². The van der Waals surface area contributed by atoms with E-state index in [1.807, 2.05) is 6.07 Å². The molecule has 3 heteroatoms. The third-order valence-electron chi connectivity index (χ3n) is 2.30. The summed E-state index contributed by atoms with van der Waals surface area (Å²) in [6.07, 6.45) is 4.68. The normalized spacial score (nSPS) is 27.1. The molecule has 1 fully saturated rings. The van der Waals surface area contributed by atoms with Gasteiger partial charge in [0.25, 0.3) is 0 Å². The summed E-state index contributed by atoms with van der Waals surface area (Å²) in [6.45, 7) is 3.13. The predicted molar refractivity (Wildman–Crippen MR) is 46.4 cm³/mol. The highest BCUT2D eigenvalue weighted by Crippen LogP contribution is 2.28. The summed E-state index contributed by atoms with van der Waals surface area (Å²) in [6, 6.07) is 2.67. The first kappa shape index (κ1) is 7.68. The average Bonchev–Trinajstić information content (AvgIpc) is 2.81. The molecule has 64 valence electrons. The minimum Gasteiger partial charge on any atom is -0.308 e. The number of hydrogen-bond acceptors (Lipinski definition) is 3. The molecular weight excluding hydrogens is 150 g/mol. The van der Waals surface area contributed by atoms with Gasteiger partial charge in [-0.15, -0.1) is 0 Å². The molecule has 1 saturated carbocycles. The fourth-order valence-electron chi connectivity index (χ4n) is 1.26. The van der Waals surface area contributed by atoms with Crippen molar-refractivity contribution in [2.75, 3.05) is 0 Å². The lowest BCUT2D eigenvalue weighted by atomic mass is 10.4. The van der Waals surface area contributed by atoms with Gasteiger partial charge in [-0.2, -0.15) is 0 Å². The van der Waals surface area contributed by atoms with Crippen molar-refractivity contribution < 1.29 is 0 Å². The van der Waals surface area contributed by atoms with Crippen molar-refractivity contribution >= 4 is 0 Å². The third kappa shape index (κ3) is 1.80. The molecular formula is C9H13N3. The van der Waals surface area contributed by atoms with Gasteiger partial charge in [-0.1, -0.05) is 6.92 Å². The average molecular weight is 163 g/mol. The predicted octanol–water partition coefficient (Wildman–Crippen LogP) is 0.975. The largest absolute Gasteiger partial charge is 0.308 e. The summed E-state index contributed by atoms with van der Waals surface area (Å²) in [5.41, 5.74) is 1.07. The fourth-order valence-corrected chi connectivity index (χ4v) is 1.26. The van der Waals surface area contributed by atoms with E-state index in [1.54, 1.807) is 12.5 Å². The second kappa shape index (κ2) is 3.19. The number of nitrogens with one attached hydrogen (secondary N) is 1. The topological polar surface area (TPSA) is 37.8 Å². The minimum atomic E-state index is 0.722. The quantitative estimate of drug-likeness (QED) is 0.721. The van der Waals surface area contributed by atoms with Crippen molar-refractivity contribution in [1.29, 1.82) is 0 Å². The van der Waals surface area contributed by atoms with Gasteiger partial charge in [-0.3, -0.25) is 0 Å². The number of nitrogens with zero attached hydrogens (tertiary/aromatic N) is 2. The smallest absolute Gasteiger partial charge is 0.115 e. The maximum atomic E-state index is 4.13. The highest BCUT2D eigenvalue weighted by Gasteiger charge is 2.31. The molecule has 2 unspecified atom stereocenters. The molecule has 0 spiro atoms. The Morgan fingerprint density at radius 1 is 1.67 bits per heavy atom. The Balaban J connectivity index is 1.80. The molecule has 0 aliphatic heterocycles. The van der Waals surface area contributed by atoms with E-state index in [2.05, 4.69) is 22.2 Å². The summed E-state index contributed by atoms with van der Waals surface area (Å²) in [7, 11) is 0. The SMILES string of the molecule is CC1CC1NCc1ccncn1. The lowest BCUT2D eigenvalue weighted by molar-refractivity contribution is 0.641. The highest BCUT2D eigenvalue weighted by molar-refractivity contribution is 4.99. The molecule has 0 bridgehead atoms. The minimum absolute atomic E-state index is 0.722. The van der Waals surface area contributed by atoms with Gasteiger partial charge >= 0.3 is 0 Å². The second-order valence-electron chi connectivity index (χ2n) is 3.40. The number of aromatic nitrogens is 2. The van der Waals surface area contributed by atoms with Gasteiger partial charge in [0.15, 0.2) is 0 Å². The maximum absolute atomic E-state index is 4.13. The van der Waals surface area contributed by atoms with Gasteiger partial charge in [0.1, 0.15) is 6.33 Å². The Labute approximate surface area is 72.2 Å². The molecule has 2 rings (SSSR count). The van der Waals surface area contributed by atoms with Crippen LogP contribution in [0.25, 0.3) is 0 Å². The van der Waals surface area contributed by atoms with Crippen molar-refractivity contribution in [2.24, 2.45) is 5.92 Å².